The molecule has 1 heteroatoms. The third kappa shape index (κ3) is 3.29. The molecule has 0 bridgehead atoms. The molecule has 12 rings (SSSR count). The summed E-state index contributed by atoms with van der Waals surface area (Å²) in [5.41, 5.74) is 2.26. The van der Waals surface area contributed by atoms with E-state index in [9.17, 15) is 5.48 Å². The van der Waals surface area contributed by atoms with Crippen molar-refractivity contribution in [1.82, 2.24) is 0 Å². The summed E-state index contributed by atoms with van der Waals surface area (Å²) >= 11 is 0. The molecule has 0 amide bonds. The second-order valence-electron chi connectivity index (χ2n) is 12.9. The predicted octanol–water partition coefficient (Wildman–Crippen LogP) is 13.9. The first-order valence-corrected chi connectivity index (χ1v) is 16.4. The SMILES string of the molecule is [2H]c1c([2H])c(-c2ccc3ccc4cccc5ccc2c3c45)c2c(oc3c4c([2H])c([2H])c([2H])c([2H])c4c([2H])c([2H])c32)c1-c1ccc2ccc3cccc4ccc1c2c34. The van der Waals surface area contributed by atoms with E-state index >= 15 is 0 Å². The van der Waals surface area contributed by atoms with E-state index in [-0.39, 0.29) is 57.5 Å². The molecule has 49 heavy (non-hydrogen) atoms. The minimum atomic E-state index is -0.499. The molecule has 1 heterocycles. The summed E-state index contributed by atoms with van der Waals surface area (Å²) < 4.78 is 80.3. The van der Waals surface area contributed by atoms with Crippen molar-refractivity contribution < 1.29 is 15.4 Å². The van der Waals surface area contributed by atoms with Crippen molar-refractivity contribution >= 4 is 97.3 Å². The van der Waals surface area contributed by atoms with E-state index < -0.39 is 18.1 Å². The summed E-state index contributed by atoms with van der Waals surface area (Å²) in [4.78, 5) is 0. The molecule has 1 nitrogen and oxygen atoms in total. The third-order valence-electron chi connectivity index (χ3n) is 10.5. The standard InChI is InChI=1S/C48H26O/c1-2-10-34-27(5-1)15-24-41-46-39(35-20-16-32-13-11-28-6-3-8-30-18-22-37(35)44(32)42(28)30)25-26-40(48(46)49-47(34)41)36-21-17-33-14-12-29-7-4-9-31-19-23-38(36)45(33)43(29)31/h1-26H/i1D,2D,5D,10D,15D,24D,25D,26D. The fourth-order valence-corrected chi connectivity index (χ4v) is 8.39. The van der Waals surface area contributed by atoms with Gasteiger partial charge >= 0.3 is 0 Å². The topological polar surface area (TPSA) is 13.1 Å². The van der Waals surface area contributed by atoms with Crippen LogP contribution < -0.4 is 0 Å². The van der Waals surface area contributed by atoms with Crippen molar-refractivity contribution in [1.29, 1.82) is 0 Å². The lowest BCUT2D eigenvalue weighted by molar-refractivity contribution is 0.674. The molecule has 0 aliphatic rings. The van der Waals surface area contributed by atoms with E-state index in [0.29, 0.717) is 27.6 Å². The van der Waals surface area contributed by atoms with E-state index in [1.54, 1.807) is 0 Å². The van der Waals surface area contributed by atoms with Crippen LogP contribution in [0.25, 0.3) is 120 Å². The number of hydrogen-bond acceptors (Lipinski definition) is 1. The fourth-order valence-electron chi connectivity index (χ4n) is 8.39. The van der Waals surface area contributed by atoms with Crippen LogP contribution in [-0.2, 0) is 0 Å². The van der Waals surface area contributed by atoms with Gasteiger partial charge < -0.3 is 4.42 Å². The maximum atomic E-state index is 9.94. The van der Waals surface area contributed by atoms with Crippen LogP contribution in [-0.4, -0.2) is 0 Å². The maximum absolute atomic E-state index is 9.94. The van der Waals surface area contributed by atoms with Crippen LogP contribution in [0.15, 0.2) is 162 Å². The average molecular weight is 627 g/mol. The number of hydrogen-bond donors (Lipinski definition) is 0. The van der Waals surface area contributed by atoms with Gasteiger partial charge in [0.15, 0.2) is 0 Å². The summed E-state index contributed by atoms with van der Waals surface area (Å²) in [6.45, 7) is 0. The fraction of sp³-hybridized carbons (Fsp3) is 0. The van der Waals surface area contributed by atoms with Crippen LogP contribution in [0.4, 0.5) is 0 Å². The Morgan fingerprint density at radius 3 is 1.45 bits per heavy atom. The highest BCUT2D eigenvalue weighted by Crippen LogP contribution is 2.48. The zero-order chi connectivity index (χ0) is 38.8. The van der Waals surface area contributed by atoms with Crippen LogP contribution >= 0.6 is 0 Å². The first-order valence-electron chi connectivity index (χ1n) is 20.4. The Labute approximate surface area is 292 Å². The zero-order valence-corrected chi connectivity index (χ0v) is 25.8. The molecule has 0 spiro atoms. The lowest BCUT2D eigenvalue weighted by Gasteiger charge is -2.16. The molecule has 11 aromatic carbocycles. The van der Waals surface area contributed by atoms with Gasteiger partial charge in [0.05, 0.1) is 11.0 Å². The van der Waals surface area contributed by atoms with Gasteiger partial charge in [-0.05, 0) is 98.8 Å². The smallest absolute Gasteiger partial charge is 0.143 e. The van der Waals surface area contributed by atoms with Crippen molar-refractivity contribution in [2.75, 3.05) is 0 Å². The normalized spacial score (nSPS) is 14.8. The summed E-state index contributed by atoms with van der Waals surface area (Å²) in [7, 11) is 0. The van der Waals surface area contributed by atoms with Gasteiger partial charge in [0, 0.05) is 21.7 Å². The second kappa shape index (κ2) is 9.13. The van der Waals surface area contributed by atoms with Crippen molar-refractivity contribution in [2.24, 2.45) is 0 Å². The molecule has 0 radical (unpaired) electrons. The lowest BCUT2D eigenvalue weighted by Crippen LogP contribution is -1.90. The number of benzene rings is 11. The quantitative estimate of drug-likeness (QED) is 0.174. The van der Waals surface area contributed by atoms with Crippen LogP contribution in [0.3, 0.4) is 0 Å². The maximum Gasteiger partial charge on any atom is 0.143 e. The van der Waals surface area contributed by atoms with Gasteiger partial charge in [-0.15, -0.1) is 0 Å². The minimum absolute atomic E-state index is 0.00562. The molecule has 0 N–H and O–H groups in total. The van der Waals surface area contributed by atoms with Crippen LogP contribution in [0.2, 0.25) is 0 Å². The Morgan fingerprint density at radius 1 is 0.306 bits per heavy atom. The van der Waals surface area contributed by atoms with Crippen molar-refractivity contribution in [2.45, 2.75) is 0 Å². The summed E-state index contributed by atoms with van der Waals surface area (Å²) in [6.07, 6.45) is 0. The first-order chi connectivity index (χ1) is 27.6. The predicted molar refractivity (Wildman–Crippen MR) is 210 cm³/mol. The van der Waals surface area contributed by atoms with Crippen molar-refractivity contribution in [3.63, 3.8) is 0 Å². The second-order valence-corrected chi connectivity index (χ2v) is 12.9. The van der Waals surface area contributed by atoms with Crippen molar-refractivity contribution in [3.05, 3.63) is 158 Å². The zero-order valence-electron chi connectivity index (χ0n) is 33.8. The highest BCUT2D eigenvalue weighted by atomic mass is 16.3. The molecule has 0 atom stereocenters. The van der Waals surface area contributed by atoms with E-state index in [2.05, 4.69) is 60.7 Å². The van der Waals surface area contributed by atoms with Gasteiger partial charge in [0.2, 0.25) is 0 Å². The van der Waals surface area contributed by atoms with Gasteiger partial charge in [0.1, 0.15) is 11.2 Å². The van der Waals surface area contributed by atoms with Gasteiger partial charge in [-0.3, -0.25) is 0 Å². The molecule has 224 valence electrons. The van der Waals surface area contributed by atoms with E-state index in [1.807, 2.05) is 48.5 Å². The third-order valence-corrected chi connectivity index (χ3v) is 10.5. The molecular weight excluding hydrogens is 593 g/mol. The Bertz CT molecular complexity index is 3760. The summed E-state index contributed by atoms with van der Waals surface area (Å²) in [5, 5.41) is 12.7. The van der Waals surface area contributed by atoms with Crippen LogP contribution in [0, 0.1) is 0 Å². The number of rotatable bonds is 2. The molecule has 0 unspecified atom stereocenters. The average Bonchev–Trinajstić information content (AvgIpc) is 3.62. The van der Waals surface area contributed by atoms with E-state index in [1.165, 1.54) is 0 Å². The Kier molecular flexibility index (Phi) is 3.61. The highest BCUT2D eigenvalue weighted by molar-refractivity contribution is 6.30. The van der Waals surface area contributed by atoms with Crippen LogP contribution in [0.5, 0.6) is 0 Å². The van der Waals surface area contributed by atoms with Crippen molar-refractivity contribution in [3.8, 4) is 22.3 Å². The summed E-state index contributed by atoms with van der Waals surface area (Å²) in [5.74, 6) is 0. The largest absolute Gasteiger partial charge is 0.455 e. The van der Waals surface area contributed by atoms with E-state index in [4.69, 9.17) is 9.90 Å². The highest BCUT2D eigenvalue weighted by Gasteiger charge is 2.22. The summed E-state index contributed by atoms with van der Waals surface area (Å²) in [6, 6.07) is 34.3. The van der Waals surface area contributed by atoms with Crippen LogP contribution in [0.1, 0.15) is 11.0 Å². The Balaban J connectivity index is 1.32. The molecule has 0 aliphatic heterocycles. The molecule has 0 saturated heterocycles. The Morgan fingerprint density at radius 2 is 0.816 bits per heavy atom. The molecular formula is C48H26O. The Hall–Kier alpha value is -6.44. The number of furan rings is 1. The van der Waals surface area contributed by atoms with Gasteiger partial charge in [-0.2, -0.15) is 0 Å². The molecule has 1 aromatic heterocycles. The number of fused-ring (bicyclic) bond motifs is 5. The molecule has 12 aromatic rings. The molecule has 0 aliphatic carbocycles. The first kappa shape index (κ1) is 19.4. The van der Waals surface area contributed by atoms with E-state index in [0.717, 1.165) is 64.6 Å². The van der Waals surface area contributed by atoms with Gasteiger partial charge in [0.25, 0.3) is 0 Å². The van der Waals surface area contributed by atoms with Gasteiger partial charge in [-0.1, -0.05) is 145 Å². The molecule has 0 saturated carbocycles. The monoisotopic (exact) mass is 626 g/mol. The van der Waals surface area contributed by atoms with Gasteiger partial charge in [-0.25, -0.2) is 0 Å². The minimum Gasteiger partial charge on any atom is -0.455 e. The molecule has 0 fully saturated rings. The lowest BCUT2D eigenvalue weighted by atomic mass is 9.86.